The van der Waals surface area contributed by atoms with Crippen molar-refractivity contribution in [1.82, 2.24) is 4.90 Å². The largest absolute Gasteiger partial charge is 0.379 e. The summed E-state index contributed by atoms with van der Waals surface area (Å²) < 4.78 is 5.55. The van der Waals surface area contributed by atoms with Gasteiger partial charge in [-0.2, -0.15) is 0 Å². The maximum atomic E-state index is 12.1. The van der Waals surface area contributed by atoms with Crippen LogP contribution in [-0.2, 0) is 10.1 Å². The number of likely N-dealkylation sites (N-methyl/N-ethyl adjacent to an activating group) is 1. The molecule has 0 N–H and O–H groups in total. The van der Waals surface area contributed by atoms with Crippen LogP contribution in [0.1, 0.15) is 28.8 Å². The van der Waals surface area contributed by atoms with Gasteiger partial charge in [-0.25, -0.2) is 0 Å². The molecule has 0 atom stereocenters. The Kier molecular flexibility index (Phi) is 5.40. The van der Waals surface area contributed by atoms with Crippen molar-refractivity contribution in [3.05, 3.63) is 35.4 Å². The molecule has 1 aliphatic rings. The van der Waals surface area contributed by atoms with Gasteiger partial charge in [0.1, 0.15) is 0 Å². The summed E-state index contributed by atoms with van der Waals surface area (Å²) in [4.78, 5) is 13.9. The summed E-state index contributed by atoms with van der Waals surface area (Å²) in [7, 11) is 1.82. The fraction of sp³-hybridized carbons (Fsp3) is 0.533. The van der Waals surface area contributed by atoms with Crippen LogP contribution >= 0.6 is 15.9 Å². The van der Waals surface area contributed by atoms with Crippen LogP contribution in [0.25, 0.3) is 0 Å². The number of hydrogen-bond donors (Lipinski definition) is 0. The molecule has 0 unspecified atom stereocenters. The van der Waals surface area contributed by atoms with Crippen molar-refractivity contribution in [3.8, 4) is 0 Å². The van der Waals surface area contributed by atoms with E-state index in [0.717, 1.165) is 23.4 Å². The van der Waals surface area contributed by atoms with Crippen LogP contribution < -0.4 is 0 Å². The van der Waals surface area contributed by atoms with Gasteiger partial charge in [-0.15, -0.1) is 0 Å². The molecule has 0 aliphatic heterocycles. The molecule has 1 aromatic carbocycles. The summed E-state index contributed by atoms with van der Waals surface area (Å²) in [5, 5.41) is 0.812. The molecular weight excluding hydrogens is 306 g/mol. The van der Waals surface area contributed by atoms with Crippen LogP contribution in [0.4, 0.5) is 0 Å². The topological polar surface area (TPSA) is 29.5 Å². The van der Waals surface area contributed by atoms with Crippen molar-refractivity contribution >= 4 is 21.8 Å². The zero-order valence-electron chi connectivity index (χ0n) is 11.3. The van der Waals surface area contributed by atoms with Gasteiger partial charge in [-0.05, 0) is 36.5 Å². The Morgan fingerprint density at radius 1 is 1.37 bits per heavy atom. The predicted octanol–water partition coefficient (Wildman–Crippen LogP) is 3.08. The SMILES string of the molecule is CN(CCOCC1CC1)C(=O)c1ccc(CBr)cc1. The zero-order chi connectivity index (χ0) is 13.7. The average Bonchev–Trinajstić information content (AvgIpc) is 3.27. The summed E-state index contributed by atoms with van der Waals surface area (Å²) in [5.41, 5.74) is 1.90. The molecule has 1 saturated carbocycles. The molecule has 0 heterocycles. The van der Waals surface area contributed by atoms with Crippen LogP contribution in [0, 0.1) is 5.92 Å². The van der Waals surface area contributed by atoms with E-state index in [1.165, 1.54) is 18.4 Å². The highest BCUT2D eigenvalue weighted by Gasteiger charge is 2.21. The second-order valence-electron chi connectivity index (χ2n) is 5.08. The molecule has 104 valence electrons. The molecule has 2 rings (SSSR count). The van der Waals surface area contributed by atoms with Gasteiger partial charge in [-0.3, -0.25) is 4.79 Å². The Labute approximate surface area is 123 Å². The van der Waals surface area contributed by atoms with E-state index < -0.39 is 0 Å². The van der Waals surface area contributed by atoms with E-state index >= 15 is 0 Å². The Balaban J connectivity index is 1.76. The van der Waals surface area contributed by atoms with E-state index in [1.54, 1.807) is 4.90 Å². The molecule has 1 aliphatic carbocycles. The smallest absolute Gasteiger partial charge is 0.253 e. The third-order valence-corrected chi connectivity index (χ3v) is 3.97. The number of halogens is 1. The van der Waals surface area contributed by atoms with Crippen LogP contribution in [0.15, 0.2) is 24.3 Å². The van der Waals surface area contributed by atoms with Crippen molar-refractivity contribution in [1.29, 1.82) is 0 Å². The summed E-state index contributed by atoms with van der Waals surface area (Å²) in [5.74, 6) is 0.828. The maximum absolute atomic E-state index is 12.1. The van der Waals surface area contributed by atoms with Crippen molar-refractivity contribution in [2.45, 2.75) is 18.2 Å². The van der Waals surface area contributed by atoms with Crippen molar-refractivity contribution in [2.75, 3.05) is 26.8 Å². The first-order chi connectivity index (χ1) is 9.20. The molecule has 1 aromatic rings. The number of hydrogen-bond acceptors (Lipinski definition) is 2. The van der Waals surface area contributed by atoms with Crippen LogP contribution in [-0.4, -0.2) is 37.6 Å². The second kappa shape index (κ2) is 7.06. The molecule has 0 radical (unpaired) electrons. The van der Waals surface area contributed by atoms with Gasteiger partial charge in [0.2, 0.25) is 0 Å². The number of amides is 1. The van der Waals surface area contributed by atoms with Crippen molar-refractivity contribution in [3.63, 3.8) is 0 Å². The minimum atomic E-state index is 0.0520. The van der Waals surface area contributed by atoms with E-state index in [2.05, 4.69) is 15.9 Å². The highest BCUT2D eigenvalue weighted by atomic mass is 79.9. The molecule has 3 nitrogen and oxygen atoms in total. The fourth-order valence-corrected chi connectivity index (χ4v) is 2.17. The van der Waals surface area contributed by atoms with E-state index in [9.17, 15) is 4.79 Å². The van der Waals surface area contributed by atoms with Crippen LogP contribution in [0.3, 0.4) is 0 Å². The van der Waals surface area contributed by atoms with Crippen LogP contribution in [0.2, 0.25) is 0 Å². The number of benzene rings is 1. The minimum absolute atomic E-state index is 0.0520. The summed E-state index contributed by atoms with van der Waals surface area (Å²) in [6.07, 6.45) is 2.60. The highest BCUT2D eigenvalue weighted by Crippen LogP contribution is 2.28. The summed E-state index contributed by atoms with van der Waals surface area (Å²) in [6, 6.07) is 7.69. The number of ether oxygens (including phenoxy) is 1. The first kappa shape index (κ1) is 14.5. The molecule has 1 amide bonds. The van der Waals surface area contributed by atoms with Gasteiger partial charge in [0.05, 0.1) is 6.61 Å². The second-order valence-corrected chi connectivity index (χ2v) is 5.64. The number of nitrogens with zero attached hydrogens (tertiary/aromatic N) is 1. The molecule has 4 heteroatoms. The van der Waals surface area contributed by atoms with E-state index in [1.807, 2.05) is 31.3 Å². The van der Waals surface area contributed by atoms with Gasteiger partial charge in [0.15, 0.2) is 0 Å². The number of carbonyl (C=O) groups excluding carboxylic acids is 1. The lowest BCUT2D eigenvalue weighted by Gasteiger charge is -2.17. The monoisotopic (exact) mass is 325 g/mol. The van der Waals surface area contributed by atoms with Gasteiger partial charge in [0.25, 0.3) is 5.91 Å². The van der Waals surface area contributed by atoms with Gasteiger partial charge in [0, 0.05) is 31.1 Å². The predicted molar refractivity (Wildman–Crippen MR) is 79.6 cm³/mol. The van der Waals surface area contributed by atoms with Gasteiger partial charge < -0.3 is 9.64 Å². The van der Waals surface area contributed by atoms with Gasteiger partial charge in [-0.1, -0.05) is 28.1 Å². The Morgan fingerprint density at radius 3 is 2.63 bits per heavy atom. The van der Waals surface area contributed by atoms with Gasteiger partial charge >= 0.3 is 0 Å². The lowest BCUT2D eigenvalue weighted by Crippen LogP contribution is -2.30. The van der Waals surface area contributed by atoms with E-state index in [4.69, 9.17) is 4.74 Å². The lowest BCUT2D eigenvalue weighted by atomic mass is 10.1. The maximum Gasteiger partial charge on any atom is 0.253 e. The van der Waals surface area contributed by atoms with Crippen molar-refractivity contribution in [2.24, 2.45) is 5.92 Å². The Hall–Kier alpha value is -0.870. The molecular formula is C15H20BrNO2. The zero-order valence-corrected chi connectivity index (χ0v) is 12.9. The molecule has 0 saturated heterocycles. The highest BCUT2D eigenvalue weighted by molar-refractivity contribution is 9.08. The number of alkyl halides is 1. The normalized spacial score (nSPS) is 14.4. The number of carbonyl (C=O) groups is 1. The summed E-state index contributed by atoms with van der Waals surface area (Å²) >= 11 is 3.39. The third kappa shape index (κ3) is 4.62. The lowest BCUT2D eigenvalue weighted by molar-refractivity contribution is 0.0681. The molecule has 0 spiro atoms. The average molecular weight is 326 g/mol. The molecule has 0 bridgehead atoms. The van der Waals surface area contributed by atoms with Crippen LogP contribution in [0.5, 0.6) is 0 Å². The quantitative estimate of drug-likeness (QED) is 0.569. The fourth-order valence-electron chi connectivity index (χ4n) is 1.79. The number of rotatable bonds is 7. The standard InChI is InChI=1S/C15H20BrNO2/c1-17(8-9-19-11-13-2-3-13)15(18)14-6-4-12(10-16)5-7-14/h4-7,13H,2-3,8-11H2,1H3. The first-order valence-corrected chi connectivity index (χ1v) is 7.81. The minimum Gasteiger partial charge on any atom is -0.379 e. The molecule has 1 fully saturated rings. The van der Waals surface area contributed by atoms with E-state index in [-0.39, 0.29) is 5.91 Å². The Bertz CT molecular complexity index is 415. The Morgan fingerprint density at radius 2 is 2.05 bits per heavy atom. The molecule has 19 heavy (non-hydrogen) atoms. The van der Waals surface area contributed by atoms with E-state index in [0.29, 0.717) is 13.2 Å². The van der Waals surface area contributed by atoms with Crippen molar-refractivity contribution < 1.29 is 9.53 Å². The third-order valence-electron chi connectivity index (χ3n) is 3.32. The summed E-state index contributed by atoms with van der Waals surface area (Å²) in [6.45, 7) is 2.12. The molecule has 0 aromatic heterocycles. The first-order valence-electron chi connectivity index (χ1n) is 6.69.